The number of carbonyl (C=O) groups is 1. The van der Waals surface area contributed by atoms with Crippen molar-refractivity contribution in [3.8, 4) is 0 Å². The van der Waals surface area contributed by atoms with E-state index in [-0.39, 0.29) is 11.4 Å². The monoisotopic (exact) mass is 376 g/mol. The van der Waals surface area contributed by atoms with Crippen molar-refractivity contribution < 1.29 is 13.2 Å². The van der Waals surface area contributed by atoms with Gasteiger partial charge < -0.3 is 10.6 Å². The summed E-state index contributed by atoms with van der Waals surface area (Å²) in [6.07, 6.45) is 6.01. The summed E-state index contributed by atoms with van der Waals surface area (Å²) < 4.78 is 26.4. The molecule has 3 heterocycles. The van der Waals surface area contributed by atoms with Crippen molar-refractivity contribution in [3.05, 3.63) is 36.3 Å². The lowest BCUT2D eigenvalue weighted by atomic mass is 9.99. The number of aromatic nitrogens is 3. The Labute approximate surface area is 151 Å². The molecule has 1 aliphatic rings. The Kier molecular flexibility index (Phi) is 5.03. The fourth-order valence-electron chi connectivity index (χ4n) is 2.72. The minimum atomic E-state index is -4.21. The summed E-state index contributed by atoms with van der Waals surface area (Å²) in [6, 6.07) is 3.26. The second-order valence-electron chi connectivity index (χ2n) is 6.26. The number of nitrogens with two attached hydrogens (primary N) is 1. The molecule has 0 aliphatic carbocycles. The molecule has 0 unspecified atom stereocenters. The standard InChI is InChI=1S/C16H20N6O3S/c1-11-4-8-22(9-5-11)13-3-2-12(10-20-13)15(23)21-26(24,25)16-14(17)18-6-7-19-16/h2-3,6-7,10-11H,4-5,8-9H2,1H3,(H2,17,18)(H,21,23). The smallest absolute Gasteiger partial charge is 0.285 e. The second-order valence-corrected chi connectivity index (χ2v) is 7.85. The molecule has 2 aromatic heterocycles. The molecule has 10 heteroatoms. The van der Waals surface area contributed by atoms with Crippen molar-refractivity contribution in [2.45, 2.75) is 24.8 Å². The van der Waals surface area contributed by atoms with Crippen LogP contribution in [0.15, 0.2) is 35.7 Å². The topological polar surface area (TPSA) is 131 Å². The molecule has 1 saturated heterocycles. The highest BCUT2D eigenvalue weighted by Crippen LogP contribution is 2.21. The third-order valence-corrected chi connectivity index (χ3v) is 5.57. The zero-order valence-electron chi connectivity index (χ0n) is 14.3. The summed E-state index contributed by atoms with van der Waals surface area (Å²) in [5.41, 5.74) is 5.64. The predicted molar refractivity (Wildman–Crippen MR) is 95.9 cm³/mol. The van der Waals surface area contributed by atoms with Crippen LogP contribution < -0.4 is 15.4 Å². The Hall–Kier alpha value is -2.75. The molecule has 0 atom stereocenters. The largest absolute Gasteiger partial charge is 0.381 e. The van der Waals surface area contributed by atoms with E-state index in [1.165, 1.54) is 18.6 Å². The molecule has 0 bridgehead atoms. The third kappa shape index (κ3) is 3.90. The molecule has 138 valence electrons. The zero-order valence-corrected chi connectivity index (χ0v) is 15.1. The number of piperidine rings is 1. The molecule has 2 aromatic rings. The van der Waals surface area contributed by atoms with E-state index in [0.29, 0.717) is 5.92 Å². The van der Waals surface area contributed by atoms with E-state index in [1.54, 1.807) is 12.1 Å². The number of hydrogen-bond donors (Lipinski definition) is 2. The summed E-state index contributed by atoms with van der Waals surface area (Å²) in [7, 11) is -4.21. The van der Waals surface area contributed by atoms with Crippen molar-refractivity contribution in [1.82, 2.24) is 19.7 Å². The molecule has 3 rings (SSSR count). The fraction of sp³-hybridized carbons (Fsp3) is 0.375. The molecular weight excluding hydrogens is 356 g/mol. The van der Waals surface area contributed by atoms with Crippen LogP contribution in [0.2, 0.25) is 0 Å². The van der Waals surface area contributed by atoms with Crippen molar-refractivity contribution >= 4 is 27.6 Å². The summed E-state index contributed by atoms with van der Waals surface area (Å²) in [5, 5.41) is -0.486. The van der Waals surface area contributed by atoms with E-state index < -0.39 is 21.0 Å². The highest BCUT2D eigenvalue weighted by atomic mass is 32.2. The molecule has 0 spiro atoms. The lowest BCUT2D eigenvalue weighted by molar-refractivity contribution is 0.0981. The second kappa shape index (κ2) is 7.24. The number of nitrogen functional groups attached to an aromatic ring is 1. The fourth-order valence-corrected chi connectivity index (χ4v) is 3.70. The first-order chi connectivity index (χ1) is 12.4. The molecule has 1 fully saturated rings. The number of hydrogen-bond acceptors (Lipinski definition) is 8. The number of nitrogens with one attached hydrogen (secondary N) is 1. The molecule has 0 aromatic carbocycles. The summed E-state index contributed by atoms with van der Waals surface area (Å²) in [5.74, 6) is 0.395. The normalized spacial score (nSPS) is 15.7. The van der Waals surface area contributed by atoms with Gasteiger partial charge in [-0.15, -0.1) is 0 Å². The first kappa shape index (κ1) is 18.1. The third-order valence-electron chi connectivity index (χ3n) is 4.29. The highest BCUT2D eigenvalue weighted by molar-refractivity contribution is 7.90. The van der Waals surface area contributed by atoms with E-state index in [0.717, 1.165) is 31.7 Å². The maximum Gasteiger partial charge on any atom is 0.285 e. The van der Waals surface area contributed by atoms with Crippen molar-refractivity contribution in [2.75, 3.05) is 23.7 Å². The van der Waals surface area contributed by atoms with Gasteiger partial charge >= 0.3 is 0 Å². The van der Waals surface area contributed by atoms with Gasteiger partial charge in [-0.3, -0.25) is 4.79 Å². The van der Waals surface area contributed by atoms with Crippen LogP contribution >= 0.6 is 0 Å². The van der Waals surface area contributed by atoms with Gasteiger partial charge in [0.2, 0.25) is 5.03 Å². The Morgan fingerprint density at radius 3 is 2.50 bits per heavy atom. The molecule has 3 N–H and O–H groups in total. The Bertz CT molecular complexity index is 892. The minimum Gasteiger partial charge on any atom is -0.381 e. The zero-order chi connectivity index (χ0) is 18.7. The average molecular weight is 376 g/mol. The van der Waals surface area contributed by atoms with Gasteiger partial charge in [0.25, 0.3) is 15.9 Å². The molecule has 1 amide bonds. The number of pyridine rings is 1. The number of amides is 1. The quantitative estimate of drug-likeness (QED) is 0.801. The predicted octanol–water partition coefficient (Wildman–Crippen LogP) is 0.809. The maximum atomic E-state index is 12.2. The van der Waals surface area contributed by atoms with Crippen molar-refractivity contribution in [1.29, 1.82) is 0 Å². The van der Waals surface area contributed by atoms with E-state index in [9.17, 15) is 13.2 Å². The van der Waals surface area contributed by atoms with E-state index >= 15 is 0 Å². The average Bonchev–Trinajstić information content (AvgIpc) is 2.62. The summed E-state index contributed by atoms with van der Waals surface area (Å²) in [4.78, 5) is 26.0. The van der Waals surface area contributed by atoms with Gasteiger partial charge in [-0.1, -0.05) is 6.92 Å². The van der Waals surface area contributed by atoms with Gasteiger partial charge in [0.15, 0.2) is 5.82 Å². The highest BCUT2D eigenvalue weighted by Gasteiger charge is 2.24. The first-order valence-corrected chi connectivity index (χ1v) is 9.70. The van der Waals surface area contributed by atoms with Gasteiger partial charge in [0.05, 0.1) is 5.56 Å². The Morgan fingerprint density at radius 2 is 1.88 bits per heavy atom. The number of anilines is 2. The molecular formula is C16H20N6O3S. The van der Waals surface area contributed by atoms with Crippen molar-refractivity contribution in [3.63, 3.8) is 0 Å². The van der Waals surface area contributed by atoms with Crippen molar-refractivity contribution in [2.24, 2.45) is 5.92 Å². The van der Waals surface area contributed by atoms with Crippen LogP contribution in [-0.4, -0.2) is 42.4 Å². The Balaban J connectivity index is 1.71. The van der Waals surface area contributed by atoms with Gasteiger partial charge in [-0.2, -0.15) is 8.42 Å². The lowest BCUT2D eigenvalue weighted by Crippen LogP contribution is -2.34. The summed E-state index contributed by atoms with van der Waals surface area (Å²) >= 11 is 0. The molecule has 9 nitrogen and oxygen atoms in total. The first-order valence-electron chi connectivity index (χ1n) is 8.21. The van der Waals surface area contributed by atoms with Crippen LogP contribution in [0, 0.1) is 5.92 Å². The number of carbonyl (C=O) groups excluding carboxylic acids is 1. The lowest BCUT2D eigenvalue weighted by Gasteiger charge is -2.31. The minimum absolute atomic E-state index is 0.130. The number of rotatable bonds is 4. The molecule has 1 aliphatic heterocycles. The van der Waals surface area contributed by atoms with E-state index in [2.05, 4.69) is 26.8 Å². The van der Waals surface area contributed by atoms with Gasteiger partial charge in [-0.25, -0.2) is 19.7 Å². The van der Waals surface area contributed by atoms with Gasteiger partial charge in [0, 0.05) is 31.7 Å². The molecule has 26 heavy (non-hydrogen) atoms. The van der Waals surface area contributed by atoms with Crippen LogP contribution in [0.1, 0.15) is 30.1 Å². The molecule has 0 radical (unpaired) electrons. The van der Waals surface area contributed by atoms with Crippen LogP contribution in [0.4, 0.5) is 11.6 Å². The number of nitrogens with zero attached hydrogens (tertiary/aromatic N) is 4. The Morgan fingerprint density at radius 1 is 1.19 bits per heavy atom. The van der Waals surface area contributed by atoms with E-state index in [1.807, 2.05) is 4.72 Å². The van der Waals surface area contributed by atoms with E-state index in [4.69, 9.17) is 5.73 Å². The van der Waals surface area contributed by atoms with Crippen LogP contribution in [0.5, 0.6) is 0 Å². The van der Waals surface area contributed by atoms with Crippen LogP contribution in [0.3, 0.4) is 0 Å². The SMILES string of the molecule is CC1CCN(c2ccc(C(=O)NS(=O)(=O)c3nccnc3N)cn2)CC1. The summed E-state index contributed by atoms with van der Waals surface area (Å²) in [6.45, 7) is 4.06. The van der Waals surface area contributed by atoms with Crippen LogP contribution in [0.25, 0.3) is 0 Å². The van der Waals surface area contributed by atoms with Gasteiger partial charge in [0.1, 0.15) is 5.82 Å². The van der Waals surface area contributed by atoms with Gasteiger partial charge in [-0.05, 0) is 30.9 Å². The maximum absolute atomic E-state index is 12.2. The number of sulfonamides is 1. The van der Waals surface area contributed by atoms with Crippen LogP contribution in [-0.2, 0) is 10.0 Å². The molecule has 0 saturated carbocycles.